The van der Waals surface area contributed by atoms with Gasteiger partial charge in [-0.2, -0.15) is 0 Å². The molecular weight excluding hydrogens is 408 g/mol. The molecule has 0 spiro atoms. The van der Waals surface area contributed by atoms with Gasteiger partial charge < -0.3 is 18.3 Å². The molecular formula is C26H30O6. The van der Waals surface area contributed by atoms with E-state index in [9.17, 15) is 9.59 Å². The van der Waals surface area contributed by atoms with Gasteiger partial charge in [0, 0.05) is 22.6 Å². The molecule has 3 aromatic rings. The summed E-state index contributed by atoms with van der Waals surface area (Å²) in [6.45, 7) is 4.16. The molecule has 0 aliphatic heterocycles. The van der Waals surface area contributed by atoms with Crippen LogP contribution >= 0.6 is 0 Å². The predicted octanol–water partition coefficient (Wildman–Crippen LogP) is 5.67. The predicted molar refractivity (Wildman–Crippen MR) is 121 cm³/mol. The number of rotatable bonds is 9. The second-order valence-corrected chi connectivity index (χ2v) is 8.47. The highest BCUT2D eigenvalue weighted by molar-refractivity contribution is 5.88. The van der Waals surface area contributed by atoms with Gasteiger partial charge in [0.25, 0.3) is 0 Å². The van der Waals surface area contributed by atoms with Crippen LogP contribution in [0.1, 0.15) is 77.6 Å². The number of aryl methyl sites for hydroxylation is 3. The number of ether oxygens (including phenoxy) is 2. The van der Waals surface area contributed by atoms with Gasteiger partial charge in [0.15, 0.2) is 0 Å². The molecule has 1 aliphatic carbocycles. The molecule has 32 heavy (non-hydrogen) atoms. The normalized spacial score (nSPS) is 12.8. The SMILES string of the molecule is CCCCCCc1cc2c3c(c(=O)oc2cc1OCc1cc(C)c(C(=O)OC)o1)CCC3. The van der Waals surface area contributed by atoms with Crippen molar-refractivity contribution in [2.24, 2.45) is 0 Å². The van der Waals surface area contributed by atoms with Crippen molar-refractivity contribution in [2.75, 3.05) is 7.11 Å². The maximum Gasteiger partial charge on any atom is 0.374 e. The minimum absolute atomic E-state index is 0.167. The Hall–Kier alpha value is -3.02. The Morgan fingerprint density at radius 2 is 1.88 bits per heavy atom. The molecule has 2 heterocycles. The lowest BCUT2D eigenvalue weighted by atomic mass is 10.00. The van der Waals surface area contributed by atoms with Crippen molar-refractivity contribution in [1.82, 2.24) is 0 Å². The Morgan fingerprint density at radius 1 is 1.06 bits per heavy atom. The first-order valence-corrected chi connectivity index (χ1v) is 11.4. The number of hydrogen-bond donors (Lipinski definition) is 0. The van der Waals surface area contributed by atoms with Gasteiger partial charge in [0.1, 0.15) is 23.7 Å². The summed E-state index contributed by atoms with van der Waals surface area (Å²) in [5.41, 5.74) is 4.08. The van der Waals surface area contributed by atoms with E-state index in [1.54, 1.807) is 13.0 Å². The Bertz CT molecular complexity index is 1180. The number of unbranched alkanes of at least 4 members (excludes halogenated alkanes) is 3. The summed E-state index contributed by atoms with van der Waals surface area (Å²) < 4.78 is 22.2. The van der Waals surface area contributed by atoms with E-state index in [0.29, 0.717) is 22.7 Å². The topological polar surface area (TPSA) is 78.9 Å². The van der Waals surface area contributed by atoms with Crippen LogP contribution in [0.2, 0.25) is 0 Å². The number of fused-ring (bicyclic) bond motifs is 3. The molecule has 0 amide bonds. The van der Waals surface area contributed by atoms with Crippen LogP contribution in [0, 0.1) is 6.92 Å². The maximum atomic E-state index is 12.4. The second-order valence-electron chi connectivity index (χ2n) is 8.47. The molecule has 170 valence electrons. The Kier molecular flexibility index (Phi) is 6.68. The molecule has 0 N–H and O–H groups in total. The lowest BCUT2D eigenvalue weighted by Crippen LogP contribution is -2.07. The van der Waals surface area contributed by atoms with Gasteiger partial charge in [-0.1, -0.05) is 26.2 Å². The second kappa shape index (κ2) is 9.63. The summed E-state index contributed by atoms with van der Waals surface area (Å²) >= 11 is 0. The Labute approximate surface area is 187 Å². The van der Waals surface area contributed by atoms with Crippen LogP contribution in [-0.4, -0.2) is 13.1 Å². The van der Waals surface area contributed by atoms with Crippen molar-refractivity contribution in [3.63, 3.8) is 0 Å². The molecule has 0 radical (unpaired) electrons. The fraction of sp³-hybridized carbons (Fsp3) is 0.462. The van der Waals surface area contributed by atoms with Gasteiger partial charge in [0.2, 0.25) is 5.76 Å². The molecule has 0 bridgehead atoms. The number of hydrogen-bond acceptors (Lipinski definition) is 6. The Morgan fingerprint density at radius 3 is 2.66 bits per heavy atom. The van der Waals surface area contributed by atoms with Crippen LogP contribution in [0.5, 0.6) is 5.75 Å². The number of furan rings is 1. The van der Waals surface area contributed by atoms with Gasteiger partial charge in [-0.25, -0.2) is 9.59 Å². The molecule has 0 saturated heterocycles. The average Bonchev–Trinajstić information content (AvgIpc) is 3.42. The molecule has 4 rings (SSSR count). The third kappa shape index (κ3) is 4.45. The zero-order valence-electron chi connectivity index (χ0n) is 19.0. The summed E-state index contributed by atoms with van der Waals surface area (Å²) in [4.78, 5) is 24.2. The highest BCUT2D eigenvalue weighted by Crippen LogP contribution is 2.33. The third-order valence-electron chi connectivity index (χ3n) is 6.16. The number of benzene rings is 1. The van der Waals surface area contributed by atoms with Crippen LogP contribution in [0.4, 0.5) is 0 Å². The van der Waals surface area contributed by atoms with Crippen molar-refractivity contribution >= 4 is 16.9 Å². The van der Waals surface area contributed by atoms with E-state index >= 15 is 0 Å². The number of carbonyl (C=O) groups excluding carboxylic acids is 1. The zero-order valence-corrected chi connectivity index (χ0v) is 19.0. The van der Waals surface area contributed by atoms with Crippen molar-refractivity contribution in [2.45, 2.75) is 71.8 Å². The average molecular weight is 439 g/mol. The van der Waals surface area contributed by atoms with E-state index in [-0.39, 0.29) is 18.0 Å². The molecule has 2 aromatic heterocycles. The first-order chi connectivity index (χ1) is 15.5. The molecule has 0 atom stereocenters. The van der Waals surface area contributed by atoms with Crippen LogP contribution in [-0.2, 0) is 30.6 Å². The lowest BCUT2D eigenvalue weighted by molar-refractivity contribution is 0.0559. The summed E-state index contributed by atoms with van der Waals surface area (Å²) in [5.74, 6) is 0.900. The highest BCUT2D eigenvalue weighted by atomic mass is 16.5. The van der Waals surface area contributed by atoms with E-state index < -0.39 is 5.97 Å². The maximum absolute atomic E-state index is 12.4. The monoisotopic (exact) mass is 438 g/mol. The standard InChI is InChI=1S/C26H30O6/c1-4-5-6-7-9-17-13-21-19-10-8-11-20(19)25(27)32-23(21)14-22(17)30-15-18-12-16(2)24(31-18)26(28)29-3/h12-14H,4-11,15H2,1-3H3. The van der Waals surface area contributed by atoms with Gasteiger partial charge in [-0.05, 0) is 62.3 Å². The number of esters is 1. The first kappa shape index (κ1) is 22.2. The number of carbonyl (C=O) groups is 1. The summed E-state index contributed by atoms with van der Waals surface area (Å²) in [7, 11) is 1.32. The van der Waals surface area contributed by atoms with Crippen LogP contribution in [0.3, 0.4) is 0 Å². The van der Waals surface area contributed by atoms with Gasteiger partial charge in [0.05, 0.1) is 7.11 Å². The molecule has 1 aliphatic rings. The lowest BCUT2D eigenvalue weighted by Gasteiger charge is -2.14. The molecule has 0 unspecified atom stereocenters. The molecule has 6 nitrogen and oxygen atoms in total. The largest absolute Gasteiger partial charge is 0.485 e. The number of methoxy groups -OCH3 is 1. The van der Waals surface area contributed by atoms with Crippen molar-refractivity contribution in [3.05, 3.63) is 62.4 Å². The van der Waals surface area contributed by atoms with Crippen molar-refractivity contribution < 1.29 is 23.1 Å². The molecule has 6 heteroatoms. The Balaban J connectivity index is 1.64. The van der Waals surface area contributed by atoms with Crippen molar-refractivity contribution in [3.8, 4) is 5.75 Å². The van der Waals surface area contributed by atoms with Gasteiger partial charge in [-0.15, -0.1) is 0 Å². The smallest absolute Gasteiger partial charge is 0.374 e. The summed E-state index contributed by atoms with van der Waals surface area (Å²) in [6, 6.07) is 5.75. The zero-order chi connectivity index (χ0) is 22.7. The summed E-state index contributed by atoms with van der Waals surface area (Å²) in [6.07, 6.45) is 8.20. The minimum atomic E-state index is -0.508. The van der Waals surface area contributed by atoms with E-state index in [1.807, 2.05) is 6.07 Å². The van der Waals surface area contributed by atoms with E-state index in [2.05, 4.69) is 13.0 Å². The van der Waals surface area contributed by atoms with E-state index in [1.165, 1.54) is 20.0 Å². The molecule has 0 saturated carbocycles. The van der Waals surface area contributed by atoms with Crippen LogP contribution in [0.25, 0.3) is 11.0 Å². The third-order valence-corrected chi connectivity index (χ3v) is 6.16. The quantitative estimate of drug-likeness (QED) is 0.243. The fourth-order valence-electron chi connectivity index (χ4n) is 4.49. The summed E-state index contributed by atoms with van der Waals surface area (Å²) in [5, 5.41) is 1.02. The van der Waals surface area contributed by atoms with E-state index in [0.717, 1.165) is 60.6 Å². The first-order valence-electron chi connectivity index (χ1n) is 11.4. The van der Waals surface area contributed by atoms with Crippen molar-refractivity contribution in [1.29, 1.82) is 0 Å². The van der Waals surface area contributed by atoms with Crippen LogP contribution in [0.15, 0.2) is 31.8 Å². The molecule has 1 aromatic carbocycles. The van der Waals surface area contributed by atoms with E-state index in [4.69, 9.17) is 18.3 Å². The van der Waals surface area contributed by atoms with Gasteiger partial charge in [-0.3, -0.25) is 0 Å². The van der Waals surface area contributed by atoms with Gasteiger partial charge >= 0.3 is 11.6 Å². The fourth-order valence-corrected chi connectivity index (χ4v) is 4.49. The molecule has 0 fully saturated rings. The minimum Gasteiger partial charge on any atom is -0.485 e. The highest BCUT2D eigenvalue weighted by Gasteiger charge is 2.22. The van der Waals surface area contributed by atoms with Crippen LogP contribution < -0.4 is 10.4 Å².